The van der Waals surface area contributed by atoms with Gasteiger partial charge in [0.05, 0.1) is 0 Å². The third-order valence-corrected chi connectivity index (χ3v) is 2.49. The molecule has 1 rings (SSSR count). The highest BCUT2D eigenvalue weighted by Crippen LogP contribution is 2.07. The quantitative estimate of drug-likeness (QED) is 0.645. The minimum absolute atomic E-state index is 0.564. The zero-order valence-electron chi connectivity index (χ0n) is 9.83. The highest BCUT2D eigenvalue weighted by molar-refractivity contribution is 5.05. The van der Waals surface area contributed by atoms with Crippen LogP contribution >= 0.6 is 0 Å². The molecule has 14 heavy (non-hydrogen) atoms. The van der Waals surface area contributed by atoms with Gasteiger partial charge in [-0.05, 0) is 38.7 Å². The van der Waals surface area contributed by atoms with Gasteiger partial charge in [-0.3, -0.25) is 0 Å². The first-order valence-electron chi connectivity index (χ1n) is 5.59. The van der Waals surface area contributed by atoms with Crippen LogP contribution in [0.4, 0.5) is 0 Å². The highest BCUT2D eigenvalue weighted by atomic mass is 15.0. The average Bonchev–Trinajstić information content (AvgIpc) is 2.15. The van der Waals surface area contributed by atoms with Crippen LogP contribution in [0.25, 0.3) is 0 Å². The second kappa shape index (κ2) is 5.14. The predicted octanol–water partition coefficient (Wildman–Crippen LogP) is 3.14. The molecule has 0 spiro atoms. The van der Waals surface area contributed by atoms with Crippen LogP contribution in [0.2, 0.25) is 0 Å². The molecule has 0 atom stereocenters. The van der Waals surface area contributed by atoms with Crippen molar-refractivity contribution in [3.63, 3.8) is 0 Å². The van der Waals surface area contributed by atoms with Crippen molar-refractivity contribution in [2.24, 2.45) is 5.92 Å². The standard InChI is InChI=1S/C13H22N/c1-11(2)7-8-13-6-5-9-14(10-13)12(3)4/h5-6,9-12H,7-8H2,1-4H3/q+1. The molecule has 0 bridgehead atoms. The summed E-state index contributed by atoms with van der Waals surface area (Å²) in [5, 5.41) is 0. The van der Waals surface area contributed by atoms with Crippen molar-refractivity contribution < 1.29 is 4.57 Å². The summed E-state index contributed by atoms with van der Waals surface area (Å²) in [6.07, 6.45) is 6.89. The smallest absolute Gasteiger partial charge is 0.172 e. The molecule has 0 aliphatic rings. The van der Waals surface area contributed by atoms with Crippen molar-refractivity contribution in [2.75, 3.05) is 0 Å². The maximum absolute atomic E-state index is 2.28. The number of hydrogen-bond acceptors (Lipinski definition) is 0. The number of hydrogen-bond donors (Lipinski definition) is 0. The fraction of sp³-hybridized carbons (Fsp3) is 0.615. The van der Waals surface area contributed by atoms with E-state index in [1.54, 1.807) is 0 Å². The maximum Gasteiger partial charge on any atom is 0.172 e. The fourth-order valence-corrected chi connectivity index (χ4v) is 1.47. The van der Waals surface area contributed by atoms with Gasteiger partial charge >= 0.3 is 0 Å². The molecule has 78 valence electrons. The summed E-state index contributed by atoms with van der Waals surface area (Å²) < 4.78 is 2.27. The second-order valence-electron chi connectivity index (χ2n) is 4.69. The van der Waals surface area contributed by atoms with Gasteiger partial charge in [0, 0.05) is 11.6 Å². The van der Waals surface area contributed by atoms with E-state index in [0.29, 0.717) is 6.04 Å². The minimum Gasteiger partial charge on any atom is -0.203 e. The van der Waals surface area contributed by atoms with Crippen LogP contribution in [0, 0.1) is 5.92 Å². The van der Waals surface area contributed by atoms with E-state index in [-0.39, 0.29) is 0 Å². The Morgan fingerprint density at radius 1 is 1.21 bits per heavy atom. The van der Waals surface area contributed by atoms with Gasteiger partial charge in [0.15, 0.2) is 18.4 Å². The maximum atomic E-state index is 2.28. The van der Waals surface area contributed by atoms with Gasteiger partial charge < -0.3 is 0 Å². The summed E-state index contributed by atoms with van der Waals surface area (Å²) in [6.45, 7) is 8.98. The lowest BCUT2D eigenvalue weighted by molar-refractivity contribution is -0.716. The first-order chi connectivity index (χ1) is 6.59. The van der Waals surface area contributed by atoms with E-state index in [1.165, 1.54) is 18.4 Å². The van der Waals surface area contributed by atoms with Crippen LogP contribution in [0.3, 0.4) is 0 Å². The van der Waals surface area contributed by atoms with Crippen molar-refractivity contribution in [1.29, 1.82) is 0 Å². The summed E-state index contributed by atoms with van der Waals surface area (Å²) in [5.41, 5.74) is 1.45. The Bertz CT molecular complexity index is 276. The molecule has 1 aromatic rings. The van der Waals surface area contributed by atoms with E-state index in [9.17, 15) is 0 Å². The first kappa shape index (κ1) is 11.2. The molecule has 1 nitrogen and oxygen atoms in total. The molecule has 0 saturated heterocycles. The molecular weight excluding hydrogens is 170 g/mol. The lowest BCUT2D eigenvalue weighted by Gasteiger charge is -2.05. The predicted molar refractivity (Wildman–Crippen MR) is 60.2 cm³/mol. The number of aryl methyl sites for hydroxylation is 1. The topological polar surface area (TPSA) is 3.88 Å². The van der Waals surface area contributed by atoms with E-state index >= 15 is 0 Å². The normalized spacial score (nSPS) is 11.3. The van der Waals surface area contributed by atoms with Crippen LogP contribution < -0.4 is 4.57 Å². The number of pyridine rings is 1. The Morgan fingerprint density at radius 3 is 2.50 bits per heavy atom. The lowest BCUT2D eigenvalue weighted by Crippen LogP contribution is -2.35. The van der Waals surface area contributed by atoms with Crippen LogP contribution in [0.15, 0.2) is 24.5 Å². The molecule has 1 heteroatoms. The first-order valence-corrected chi connectivity index (χ1v) is 5.59. The third kappa shape index (κ3) is 3.49. The van der Waals surface area contributed by atoms with Crippen LogP contribution in [-0.2, 0) is 6.42 Å². The molecule has 1 heterocycles. The summed E-state index contributed by atoms with van der Waals surface area (Å²) in [4.78, 5) is 0. The van der Waals surface area contributed by atoms with Crippen molar-refractivity contribution in [1.82, 2.24) is 0 Å². The Kier molecular flexibility index (Phi) is 4.12. The van der Waals surface area contributed by atoms with Gasteiger partial charge in [-0.15, -0.1) is 0 Å². The van der Waals surface area contributed by atoms with Crippen molar-refractivity contribution in [2.45, 2.75) is 46.6 Å². The minimum atomic E-state index is 0.564. The van der Waals surface area contributed by atoms with E-state index in [4.69, 9.17) is 0 Å². The third-order valence-electron chi connectivity index (χ3n) is 2.49. The largest absolute Gasteiger partial charge is 0.203 e. The number of nitrogens with zero attached hydrogens (tertiary/aromatic N) is 1. The Labute approximate surface area is 87.8 Å². The Hall–Kier alpha value is -0.850. The zero-order chi connectivity index (χ0) is 10.6. The van der Waals surface area contributed by atoms with Crippen molar-refractivity contribution in [3.05, 3.63) is 30.1 Å². The van der Waals surface area contributed by atoms with E-state index < -0.39 is 0 Å². The zero-order valence-corrected chi connectivity index (χ0v) is 9.83. The molecule has 0 aromatic carbocycles. The summed E-state index contributed by atoms with van der Waals surface area (Å²) >= 11 is 0. The highest BCUT2D eigenvalue weighted by Gasteiger charge is 2.06. The molecule has 0 unspecified atom stereocenters. The van der Waals surface area contributed by atoms with Gasteiger partial charge in [-0.2, -0.15) is 0 Å². The molecule has 0 N–H and O–H groups in total. The van der Waals surface area contributed by atoms with Gasteiger partial charge in [0.2, 0.25) is 0 Å². The van der Waals surface area contributed by atoms with Crippen LogP contribution in [0.5, 0.6) is 0 Å². The molecular formula is C13H22N+. The summed E-state index contributed by atoms with van der Waals surface area (Å²) in [5.74, 6) is 0.794. The number of aromatic nitrogens is 1. The molecule has 0 fully saturated rings. The van der Waals surface area contributed by atoms with Crippen LogP contribution in [0.1, 0.15) is 45.7 Å². The molecule has 1 aromatic heterocycles. The molecule has 0 aliphatic carbocycles. The van der Waals surface area contributed by atoms with E-state index in [2.05, 4.69) is 56.8 Å². The van der Waals surface area contributed by atoms with Gasteiger partial charge in [0.1, 0.15) is 0 Å². The monoisotopic (exact) mass is 192 g/mol. The van der Waals surface area contributed by atoms with E-state index in [0.717, 1.165) is 5.92 Å². The van der Waals surface area contributed by atoms with Crippen molar-refractivity contribution in [3.8, 4) is 0 Å². The fourth-order valence-electron chi connectivity index (χ4n) is 1.47. The molecule has 0 saturated carbocycles. The van der Waals surface area contributed by atoms with Crippen LogP contribution in [-0.4, -0.2) is 0 Å². The lowest BCUT2D eigenvalue weighted by atomic mass is 10.0. The SMILES string of the molecule is CC(C)CCc1ccc[n+](C(C)C)c1. The van der Waals surface area contributed by atoms with Gasteiger partial charge in [-0.1, -0.05) is 13.8 Å². The van der Waals surface area contributed by atoms with Gasteiger partial charge in [0.25, 0.3) is 0 Å². The number of rotatable bonds is 4. The molecule has 0 aliphatic heterocycles. The second-order valence-corrected chi connectivity index (χ2v) is 4.69. The molecule has 0 amide bonds. The Balaban J connectivity index is 2.64. The summed E-state index contributed by atoms with van der Waals surface area (Å²) in [7, 11) is 0. The summed E-state index contributed by atoms with van der Waals surface area (Å²) in [6, 6.07) is 4.94. The molecule has 0 radical (unpaired) electrons. The average molecular weight is 192 g/mol. The van der Waals surface area contributed by atoms with E-state index in [1.807, 2.05) is 0 Å². The van der Waals surface area contributed by atoms with Crippen molar-refractivity contribution >= 4 is 0 Å². The Morgan fingerprint density at radius 2 is 1.93 bits per heavy atom. The van der Waals surface area contributed by atoms with Gasteiger partial charge in [-0.25, -0.2) is 4.57 Å².